The average molecular weight is 392 g/mol. The molecule has 0 radical (unpaired) electrons. The molecule has 0 aliphatic heterocycles. The summed E-state index contributed by atoms with van der Waals surface area (Å²) in [7, 11) is 0. The Morgan fingerprint density at radius 1 is 1.19 bits per heavy atom. The van der Waals surface area contributed by atoms with Crippen LogP contribution in [0.15, 0.2) is 0 Å². The minimum Gasteiger partial charge on any atom is -0.550 e. The first-order valence-electron chi connectivity index (χ1n) is 9.88. The highest BCUT2D eigenvalue weighted by atomic mass is 32.1. The second-order valence-corrected chi connectivity index (χ2v) is 8.88. The quantitative estimate of drug-likeness (QED) is 0.774. The monoisotopic (exact) mass is 391 g/mol. The minimum absolute atomic E-state index is 0.338. The lowest BCUT2D eigenvalue weighted by molar-refractivity contribution is -0.313. The van der Waals surface area contributed by atoms with Crippen molar-refractivity contribution in [2.24, 2.45) is 23.5 Å². The van der Waals surface area contributed by atoms with Gasteiger partial charge in [0.2, 0.25) is 5.91 Å². The molecule has 1 heterocycles. The maximum atomic E-state index is 12.8. The molecular formula is C20H27N2O4S-. The SMILES string of the molecule is CCC[C@@H]1CCc2c(sc(NC(=O)[C@@H]3CCCC[C@@H]3C(=O)[O-])c2C(N)=O)C1. The molecule has 1 fully saturated rings. The molecule has 2 aliphatic carbocycles. The summed E-state index contributed by atoms with van der Waals surface area (Å²) in [5, 5.41) is 14.7. The molecule has 2 amide bonds. The summed E-state index contributed by atoms with van der Waals surface area (Å²) in [6.07, 6.45) is 7.63. The van der Waals surface area contributed by atoms with Gasteiger partial charge in [0, 0.05) is 22.7 Å². The number of thiophene rings is 1. The van der Waals surface area contributed by atoms with Crippen LogP contribution in [0.4, 0.5) is 5.00 Å². The third-order valence-corrected chi connectivity index (χ3v) is 7.12. The molecule has 3 N–H and O–H groups in total. The number of hydrogen-bond acceptors (Lipinski definition) is 5. The maximum Gasteiger partial charge on any atom is 0.251 e. The molecule has 1 saturated carbocycles. The fourth-order valence-corrected chi connectivity index (χ4v) is 5.96. The third kappa shape index (κ3) is 4.18. The first-order valence-corrected chi connectivity index (χ1v) is 10.7. The topological polar surface area (TPSA) is 112 Å². The van der Waals surface area contributed by atoms with Crippen LogP contribution in [0.25, 0.3) is 0 Å². The van der Waals surface area contributed by atoms with E-state index in [2.05, 4.69) is 12.2 Å². The highest BCUT2D eigenvalue weighted by molar-refractivity contribution is 7.17. The van der Waals surface area contributed by atoms with Crippen molar-refractivity contribution >= 4 is 34.1 Å². The summed E-state index contributed by atoms with van der Waals surface area (Å²) in [6, 6.07) is 0. The molecule has 3 atom stereocenters. The standard InChI is InChI=1S/C20H28N2O4S/c1-2-5-11-8-9-14-15(10-11)27-19(16(14)17(21)23)22-18(24)12-6-3-4-7-13(12)20(25)26/h11-13H,2-10H2,1H3,(H2,21,23)(H,22,24)(H,25,26)/p-1/t11-,12-,13+/m1/s1. The number of hydrogen-bond donors (Lipinski definition) is 2. The van der Waals surface area contributed by atoms with Gasteiger partial charge in [-0.05, 0) is 43.6 Å². The summed E-state index contributed by atoms with van der Waals surface area (Å²) in [5.41, 5.74) is 7.00. The molecule has 27 heavy (non-hydrogen) atoms. The predicted octanol–water partition coefficient (Wildman–Crippen LogP) is 2.25. The molecular weight excluding hydrogens is 364 g/mol. The fourth-order valence-electron chi connectivity index (χ4n) is 4.59. The van der Waals surface area contributed by atoms with Crippen LogP contribution in [-0.2, 0) is 22.4 Å². The number of fused-ring (bicyclic) bond motifs is 1. The maximum absolute atomic E-state index is 12.8. The van der Waals surface area contributed by atoms with E-state index in [1.165, 1.54) is 11.3 Å². The Morgan fingerprint density at radius 2 is 1.89 bits per heavy atom. The Kier molecular flexibility index (Phi) is 6.19. The zero-order chi connectivity index (χ0) is 19.6. The number of nitrogens with one attached hydrogen (secondary N) is 1. The van der Waals surface area contributed by atoms with Gasteiger partial charge in [-0.3, -0.25) is 9.59 Å². The summed E-state index contributed by atoms with van der Waals surface area (Å²) >= 11 is 1.43. The Morgan fingerprint density at radius 3 is 2.52 bits per heavy atom. The van der Waals surface area contributed by atoms with E-state index in [9.17, 15) is 19.5 Å². The number of primary amides is 1. The molecule has 0 bridgehead atoms. The van der Waals surface area contributed by atoms with E-state index < -0.39 is 23.7 Å². The molecule has 2 aliphatic rings. The van der Waals surface area contributed by atoms with Gasteiger partial charge in [0.25, 0.3) is 5.91 Å². The van der Waals surface area contributed by atoms with Crippen LogP contribution in [0.2, 0.25) is 0 Å². The van der Waals surface area contributed by atoms with E-state index in [1.807, 2.05) is 0 Å². The van der Waals surface area contributed by atoms with Gasteiger partial charge >= 0.3 is 0 Å². The van der Waals surface area contributed by atoms with Crippen molar-refractivity contribution in [1.29, 1.82) is 0 Å². The second kappa shape index (κ2) is 8.42. The highest BCUT2D eigenvalue weighted by Crippen LogP contribution is 2.41. The van der Waals surface area contributed by atoms with Gasteiger partial charge in [-0.1, -0.05) is 32.6 Å². The first kappa shape index (κ1) is 19.9. The van der Waals surface area contributed by atoms with Gasteiger partial charge in [-0.15, -0.1) is 11.3 Å². The molecule has 0 aromatic carbocycles. The number of nitrogens with two attached hydrogens (primary N) is 1. The van der Waals surface area contributed by atoms with Crippen LogP contribution in [0.1, 0.15) is 72.7 Å². The lowest BCUT2D eigenvalue weighted by atomic mass is 9.78. The molecule has 1 aromatic rings. The summed E-state index contributed by atoms with van der Waals surface area (Å²) in [6.45, 7) is 2.17. The van der Waals surface area contributed by atoms with Crippen LogP contribution in [0.5, 0.6) is 0 Å². The number of carbonyl (C=O) groups is 3. The van der Waals surface area contributed by atoms with Crippen LogP contribution in [0.3, 0.4) is 0 Å². The molecule has 0 saturated heterocycles. The third-order valence-electron chi connectivity index (χ3n) is 5.95. The summed E-state index contributed by atoms with van der Waals surface area (Å²) < 4.78 is 0. The van der Waals surface area contributed by atoms with E-state index >= 15 is 0 Å². The van der Waals surface area contributed by atoms with Crippen molar-refractivity contribution < 1.29 is 19.5 Å². The van der Waals surface area contributed by atoms with E-state index in [4.69, 9.17) is 5.73 Å². The van der Waals surface area contributed by atoms with E-state index in [1.54, 1.807) is 0 Å². The minimum atomic E-state index is -1.17. The summed E-state index contributed by atoms with van der Waals surface area (Å²) in [4.78, 5) is 37.4. The Labute approximate surface area is 163 Å². The van der Waals surface area contributed by atoms with Gasteiger partial charge in [0.05, 0.1) is 5.56 Å². The van der Waals surface area contributed by atoms with Crippen molar-refractivity contribution in [3.8, 4) is 0 Å². The highest BCUT2D eigenvalue weighted by Gasteiger charge is 2.34. The van der Waals surface area contributed by atoms with Gasteiger partial charge in [-0.2, -0.15) is 0 Å². The number of rotatable bonds is 6. The molecule has 148 valence electrons. The molecule has 3 rings (SSSR count). The lowest BCUT2D eigenvalue weighted by Crippen LogP contribution is -2.42. The Hall–Kier alpha value is -1.89. The van der Waals surface area contributed by atoms with Gasteiger partial charge in [-0.25, -0.2) is 0 Å². The van der Waals surface area contributed by atoms with Crippen molar-refractivity contribution in [3.63, 3.8) is 0 Å². The number of carboxylic acid groups (broad SMARTS) is 1. The van der Waals surface area contributed by atoms with Crippen LogP contribution in [-0.4, -0.2) is 17.8 Å². The normalized spacial score (nSPS) is 24.9. The van der Waals surface area contributed by atoms with E-state index in [0.717, 1.165) is 55.4 Å². The van der Waals surface area contributed by atoms with Crippen LogP contribution in [0, 0.1) is 17.8 Å². The molecule has 7 heteroatoms. The zero-order valence-corrected chi connectivity index (χ0v) is 16.5. The van der Waals surface area contributed by atoms with Gasteiger partial charge < -0.3 is 21.0 Å². The van der Waals surface area contributed by atoms with E-state index in [0.29, 0.717) is 29.3 Å². The average Bonchev–Trinajstić information content (AvgIpc) is 2.99. The second-order valence-electron chi connectivity index (χ2n) is 7.78. The number of carboxylic acids is 1. The zero-order valence-electron chi connectivity index (χ0n) is 15.7. The molecule has 1 aromatic heterocycles. The molecule has 0 spiro atoms. The van der Waals surface area contributed by atoms with Crippen molar-refractivity contribution in [2.45, 2.75) is 64.7 Å². The van der Waals surface area contributed by atoms with Gasteiger partial charge in [0.1, 0.15) is 5.00 Å². The van der Waals surface area contributed by atoms with E-state index in [-0.39, 0.29) is 5.91 Å². The van der Waals surface area contributed by atoms with Gasteiger partial charge in [0.15, 0.2) is 0 Å². The lowest BCUT2D eigenvalue weighted by Gasteiger charge is -2.31. The number of carbonyl (C=O) groups excluding carboxylic acids is 3. The molecule has 6 nitrogen and oxygen atoms in total. The Bertz CT molecular complexity index is 743. The number of anilines is 1. The Balaban J connectivity index is 1.83. The fraction of sp³-hybridized carbons (Fsp3) is 0.650. The largest absolute Gasteiger partial charge is 0.550 e. The number of aliphatic carboxylic acids is 1. The van der Waals surface area contributed by atoms with Crippen molar-refractivity contribution in [1.82, 2.24) is 0 Å². The molecule has 0 unspecified atom stereocenters. The summed E-state index contributed by atoms with van der Waals surface area (Å²) in [5.74, 6) is -2.81. The smallest absolute Gasteiger partial charge is 0.251 e. The first-order chi connectivity index (χ1) is 12.9. The predicted molar refractivity (Wildman–Crippen MR) is 102 cm³/mol. The number of amides is 2. The van der Waals surface area contributed by atoms with Crippen molar-refractivity contribution in [3.05, 3.63) is 16.0 Å². The van der Waals surface area contributed by atoms with Crippen LogP contribution >= 0.6 is 11.3 Å². The van der Waals surface area contributed by atoms with Crippen molar-refractivity contribution in [2.75, 3.05) is 5.32 Å². The van der Waals surface area contributed by atoms with Crippen LogP contribution < -0.4 is 16.2 Å².